The largest absolute Gasteiger partial charge is 0.352 e. The normalized spacial score (nSPS) is 15.2. The molecule has 0 saturated heterocycles. The van der Waals surface area contributed by atoms with E-state index in [0.717, 1.165) is 53.8 Å². The lowest BCUT2D eigenvalue weighted by molar-refractivity contribution is -0.139. The summed E-state index contributed by atoms with van der Waals surface area (Å²) < 4.78 is 26.6. The van der Waals surface area contributed by atoms with Crippen LogP contribution in [0.4, 0.5) is 5.69 Å². The van der Waals surface area contributed by atoms with Crippen molar-refractivity contribution in [2.45, 2.75) is 71.5 Å². The number of nitrogens with one attached hydrogen (secondary N) is 1. The molecule has 1 N–H and O–H groups in total. The van der Waals surface area contributed by atoms with Gasteiger partial charge in [-0.3, -0.25) is 13.9 Å². The topological polar surface area (TPSA) is 86.8 Å². The number of hydrogen-bond donors (Lipinski definition) is 1. The maximum atomic E-state index is 13.7. The molecule has 3 rings (SSSR count). The second-order valence-corrected chi connectivity index (χ2v) is 12.5. The molecule has 2 aromatic carbocycles. The average Bonchev–Trinajstić information content (AvgIpc) is 2.83. The van der Waals surface area contributed by atoms with Crippen LogP contribution in [0.25, 0.3) is 0 Å². The zero-order valence-corrected chi connectivity index (χ0v) is 24.1. The molecular weight excluding hydrogens is 533 g/mol. The van der Waals surface area contributed by atoms with Crippen LogP contribution in [0.5, 0.6) is 0 Å². The second kappa shape index (κ2) is 12.5. The maximum absolute atomic E-state index is 13.7. The number of carbonyl (C=O) groups excluding carboxylic acids is 2. The molecule has 0 heterocycles. The summed E-state index contributed by atoms with van der Waals surface area (Å²) in [4.78, 5) is 28.3. The molecular formula is C27H35Cl2N3O4S. The molecule has 1 atom stereocenters. The van der Waals surface area contributed by atoms with Gasteiger partial charge in [0.1, 0.15) is 12.6 Å². The molecule has 2 aromatic rings. The molecule has 0 aliphatic heterocycles. The molecule has 37 heavy (non-hydrogen) atoms. The monoisotopic (exact) mass is 567 g/mol. The van der Waals surface area contributed by atoms with Gasteiger partial charge in [-0.15, -0.1) is 0 Å². The third-order valence-electron chi connectivity index (χ3n) is 6.97. The van der Waals surface area contributed by atoms with E-state index in [1.165, 1.54) is 4.90 Å². The number of nitrogens with zero attached hydrogens (tertiary/aromatic N) is 2. The van der Waals surface area contributed by atoms with E-state index in [9.17, 15) is 18.0 Å². The standard InChI is InChI=1S/C27H35Cl2N3O4S/c1-18-13-14-22(15-19(18)2)32(37(4,35)36)17-26(33)31(16-23-24(28)11-8-12-25(23)29)20(3)27(34)30-21-9-6-5-7-10-21/h8,11-15,20-21H,5-7,9-10,16-17H2,1-4H3,(H,30,34). The number of hydrogen-bond acceptors (Lipinski definition) is 4. The first-order valence-corrected chi connectivity index (χ1v) is 15.1. The van der Waals surface area contributed by atoms with Gasteiger partial charge in [0.2, 0.25) is 21.8 Å². The van der Waals surface area contributed by atoms with E-state index in [1.807, 2.05) is 19.9 Å². The van der Waals surface area contributed by atoms with Gasteiger partial charge in [0.05, 0.1) is 11.9 Å². The van der Waals surface area contributed by atoms with Crippen molar-refractivity contribution in [3.05, 3.63) is 63.1 Å². The molecule has 0 spiro atoms. The molecule has 0 radical (unpaired) electrons. The van der Waals surface area contributed by atoms with Crippen LogP contribution in [0.3, 0.4) is 0 Å². The Kier molecular flexibility index (Phi) is 9.89. The summed E-state index contributed by atoms with van der Waals surface area (Å²) in [5, 5.41) is 3.79. The van der Waals surface area contributed by atoms with E-state index in [2.05, 4.69) is 5.32 Å². The minimum Gasteiger partial charge on any atom is -0.352 e. The number of benzene rings is 2. The van der Waals surface area contributed by atoms with Gasteiger partial charge in [-0.1, -0.05) is 54.6 Å². The van der Waals surface area contributed by atoms with Crippen LogP contribution in [0.15, 0.2) is 36.4 Å². The fraction of sp³-hybridized carbons (Fsp3) is 0.481. The van der Waals surface area contributed by atoms with Crippen LogP contribution in [0, 0.1) is 13.8 Å². The number of sulfonamides is 1. The molecule has 7 nitrogen and oxygen atoms in total. The highest BCUT2D eigenvalue weighted by molar-refractivity contribution is 7.92. The van der Waals surface area contributed by atoms with E-state index >= 15 is 0 Å². The molecule has 1 saturated carbocycles. The number of rotatable bonds is 9. The van der Waals surface area contributed by atoms with Crippen molar-refractivity contribution in [1.29, 1.82) is 0 Å². The lowest BCUT2D eigenvalue weighted by Gasteiger charge is -2.33. The third kappa shape index (κ3) is 7.62. The number of halogens is 2. The molecule has 0 aromatic heterocycles. The first-order valence-electron chi connectivity index (χ1n) is 12.5. The van der Waals surface area contributed by atoms with E-state index in [0.29, 0.717) is 21.3 Å². The van der Waals surface area contributed by atoms with Crippen LogP contribution in [-0.4, -0.2) is 50.0 Å². The predicted molar refractivity (Wildman–Crippen MR) is 150 cm³/mol. The van der Waals surface area contributed by atoms with Gasteiger partial charge in [-0.2, -0.15) is 0 Å². The summed E-state index contributed by atoms with van der Waals surface area (Å²) in [5.74, 6) is -0.827. The summed E-state index contributed by atoms with van der Waals surface area (Å²) in [5.41, 5.74) is 2.78. The Morgan fingerprint density at radius 2 is 1.65 bits per heavy atom. The van der Waals surface area contributed by atoms with E-state index in [1.54, 1.807) is 37.3 Å². The van der Waals surface area contributed by atoms with E-state index in [-0.39, 0.29) is 18.5 Å². The molecule has 1 fully saturated rings. The minimum atomic E-state index is -3.80. The van der Waals surface area contributed by atoms with Gasteiger partial charge in [0, 0.05) is 28.2 Å². The quantitative estimate of drug-likeness (QED) is 0.448. The SMILES string of the molecule is Cc1ccc(N(CC(=O)N(Cc2c(Cl)cccc2Cl)C(C)C(=O)NC2CCCCC2)S(C)(=O)=O)cc1C. The molecule has 1 aliphatic rings. The summed E-state index contributed by atoms with van der Waals surface area (Å²) in [6, 6.07) is 9.44. The van der Waals surface area contributed by atoms with Crippen molar-refractivity contribution in [3.8, 4) is 0 Å². The Morgan fingerprint density at radius 3 is 2.22 bits per heavy atom. The minimum absolute atomic E-state index is 0.0406. The van der Waals surface area contributed by atoms with Crippen molar-refractivity contribution in [3.63, 3.8) is 0 Å². The summed E-state index contributed by atoms with van der Waals surface area (Å²) in [6.07, 6.45) is 6.11. The van der Waals surface area contributed by atoms with Gasteiger partial charge in [0.15, 0.2) is 0 Å². The second-order valence-electron chi connectivity index (χ2n) is 9.78. The van der Waals surface area contributed by atoms with E-state index < -0.39 is 28.5 Å². The lowest BCUT2D eigenvalue weighted by Crippen LogP contribution is -2.53. The summed E-state index contributed by atoms with van der Waals surface area (Å²) >= 11 is 12.8. The van der Waals surface area contributed by atoms with Crippen LogP contribution < -0.4 is 9.62 Å². The van der Waals surface area contributed by atoms with Crippen LogP contribution in [0.2, 0.25) is 10.0 Å². The lowest BCUT2D eigenvalue weighted by atomic mass is 9.95. The molecule has 202 valence electrons. The van der Waals surface area contributed by atoms with Crippen molar-refractivity contribution in [1.82, 2.24) is 10.2 Å². The molecule has 0 bridgehead atoms. The first-order chi connectivity index (χ1) is 17.4. The Labute approximate surface area is 230 Å². The van der Waals surface area contributed by atoms with Crippen LogP contribution in [-0.2, 0) is 26.2 Å². The van der Waals surface area contributed by atoms with Crippen molar-refractivity contribution in [2.75, 3.05) is 17.1 Å². The Balaban J connectivity index is 1.93. The fourth-order valence-electron chi connectivity index (χ4n) is 4.50. The molecule has 2 amide bonds. The number of amides is 2. The van der Waals surface area contributed by atoms with Gasteiger partial charge in [0.25, 0.3) is 0 Å². The zero-order valence-electron chi connectivity index (χ0n) is 21.8. The molecule has 10 heteroatoms. The Bertz CT molecular complexity index is 1230. The summed E-state index contributed by atoms with van der Waals surface area (Å²) in [7, 11) is -3.80. The highest BCUT2D eigenvalue weighted by Crippen LogP contribution is 2.28. The van der Waals surface area contributed by atoms with Gasteiger partial charge in [-0.05, 0) is 69.0 Å². The number of carbonyl (C=O) groups is 2. The Morgan fingerprint density at radius 1 is 1.03 bits per heavy atom. The van der Waals surface area contributed by atoms with Gasteiger partial charge >= 0.3 is 0 Å². The van der Waals surface area contributed by atoms with Crippen LogP contribution >= 0.6 is 23.2 Å². The zero-order chi connectivity index (χ0) is 27.3. The third-order valence-corrected chi connectivity index (χ3v) is 8.82. The van der Waals surface area contributed by atoms with Crippen molar-refractivity contribution in [2.24, 2.45) is 0 Å². The average molecular weight is 569 g/mol. The fourth-order valence-corrected chi connectivity index (χ4v) is 5.86. The smallest absolute Gasteiger partial charge is 0.244 e. The first kappa shape index (κ1) is 29.3. The highest BCUT2D eigenvalue weighted by Gasteiger charge is 2.32. The van der Waals surface area contributed by atoms with Gasteiger partial charge < -0.3 is 10.2 Å². The number of aryl methyl sites for hydroxylation is 2. The summed E-state index contributed by atoms with van der Waals surface area (Å²) in [6.45, 7) is 4.94. The van der Waals surface area contributed by atoms with Crippen molar-refractivity contribution >= 4 is 50.7 Å². The molecule has 1 unspecified atom stereocenters. The van der Waals surface area contributed by atoms with Crippen LogP contribution in [0.1, 0.15) is 55.7 Å². The van der Waals surface area contributed by atoms with Crippen molar-refractivity contribution < 1.29 is 18.0 Å². The predicted octanol–water partition coefficient (Wildman–Crippen LogP) is 5.24. The van der Waals surface area contributed by atoms with Gasteiger partial charge in [-0.25, -0.2) is 8.42 Å². The maximum Gasteiger partial charge on any atom is 0.244 e. The van der Waals surface area contributed by atoms with E-state index in [4.69, 9.17) is 23.2 Å². The Hall–Kier alpha value is -2.29. The highest BCUT2D eigenvalue weighted by atomic mass is 35.5. The molecule has 1 aliphatic carbocycles. The number of anilines is 1.